The molecule has 0 saturated heterocycles. The molecule has 5 rings (SSSR count). The van der Waals surface area contributed by atoms with Crippen LogP contribution in [0.2, 0.25) is 0 Å². The minimum atomic E-state index is 0.105. The summed E-state index contributed by atoms with van der Waals surface area (Å²) in [4.78, 5) is 18.7. The molecule has 0 N–H and O–H groups in total. The Morgan fingerprint density at radius 1 is 0.966 bits per heavy atom. The molecule has 4 aromatic heterocycles. The van der Waals surface area contributed by atoms with E-state index in [1.54, 1.807) is 0 Å². The lowest BCUT2D eigenvalue weighted by Crippen LogP contribution is -2.11. The maximum absolute atomic E-state index is 5.02. The predicted octanol–water partition coefficient (Wildman–Crippen LogP) is 4.08. The monoisotopic (exact) mass is 385 g/mol. The molecule has 29 heavy (non-hydrogen) atoms. The molecule has 2 atom stereocenters. The van der Waals surface area contributed by atoms with Crippen molar-refractivity contribution < 1.29 is 0 Å². The van der Waals surface area contributed by atoms with Crippen molar-refractivity contribution in [2.45, 2.75) is 39.5 Å². The zero-order valence-corrected chi connectivity index (χ0v) is 17.2. The summed E-state index contributed by atoms with van der Waals surface area (Å²) in [6.07, 6.45) is 3.65. The van der Waals surface area contributed by atoms with Crippen LogP contribution in [0.4, 0.5) is 0 Å². The Morgan fingerprint density at radius 3 is 2.59 bits per heavy atom. The van der Waals surface area contributed by atoms with E-state index in [0.29, 0.717) is 0 Å². The van der Waals surface area contributed by atoms with Crippen molar-refractivity contribution in [3.05, 3.63) is 59.7 Å². The lowest BCUT2D eigenvalue weighted by atomic mass is 9.94. The van der Waals surface area contributed by atoms with Crippen LogP contribution in [0.1, 0.15) is 48.7 Å². The van der Waals surface area contributed by atoms with Gasteiger partial charge >= 0.3 is 0 Å². The van der Waals surface area contributed by atoms with E-state index in [0.717, 1.165) is 50.6 Å². The predicted molar refractivity (Wildman–Crippen MR) is 113 cm³/mol. The van der Waals surface area contributed by atoms with Gasteiger partial charge in [0.2, 0.25) is 0 Å². The molecule has 0 saturated carbocycles. The number of hydrogen-bond acceptors (Lipinski definition) is 5. The lowest BCUT2D eigenvalue weighted by molar-refractivity contribution is 0.547. The number of benzene rings is 1. The zero-order chi connectivity index (χ0) is 20.3. The highest BCUT2D eigenvalue weighted by Crippen LogP contribution is 2.33. The molecule has 1 aromatic carbocycles. The Hall–Kier alpha value is -3.35. The Labute approximate surface area is 168 Å². The van der Waals surface area contributed by atoms with E-state index in [-0.39, 0.29) is 11.8 Å². The molecule has 0 aliphatic rings. The number of hydrogen-bond donors (Lipinski definition) is 0. The number of aromatic nitrogens is 7. The number of fused-ring (bicyclic) bond motifs is 4. The van der Waals surface area contributed by atoms with Crippen LogP contribution in [0, 0.1) is 13.8 Å². The van der Waals surface area contributed by atoms with Crippen molar-refractivity contribution in [2.75, 3.05) is 0 Å². The van der Waals surface area contributed by atoms with Gasteiger partial charge in [-0.25, -0.2) is 14.5 Å². The smallest absolute Gasteiger partial charge is 0.177 e. The van der Waals surface area contributed by atoms with Crippen LogP contribution in [-0.4, -0.2) is 34.1 Å². The second-order valence-electron chi connectivity index (χ2n) is 7.80. The highest BCUT2D eigenvalue weighted by atomic mass is 15.3. The third-order valence-electron chi connectivity index (χ3n) is 5.96. The Kier molecular flexibility index (Phi) is 3.87. The molecule has 0 radical (unpaired) electrons. The minimum absolute atomic E-state index is 0.105. The van der Waals surface area contributed by atoms with Gasteiger partial charge in [0.15, 0.2) is 11.5 Å². The third kappa shape index (κ3) is 2.61. The number of aryl methyl sites for hydroxylation is 3. The number of pyridine rings is 1. The van der Waals surface area contributed by atoms with Crippen molar-refractivity contribution in [3.63, 3.8) is 0 Å². The van der Waals surface area contributed by atoms with Gasteiger partial charge in [-0.1, -0.05) is 13.8 Å². The number of rotatable bonds is 3. The molecule has 1 unspecified atom stereocenters. The third-order valence-corrected chi connectivity index (χ3v) is 5.96. The van der Waals surface area contributed by atoms with E-state index in [9.17, 15) is 0 Å². The molecule has 7 nitrogen and oxygen atoms in total. The summed E-state index contributed by atoms with van der Waals surface area (Å²) in [5.74, 6) is 2.09. The number of imidazole rings is 1. The van der Waals surface area contributed by atoms with Gasteiger partial charge < -0.3 is 4.57 Å². The van der Waals surface area contributed by atoms with Crippen molar-refractivity contribution in [2.24, 2.45) is 7.05 Å². The second kappa shape index (κ2) is 6.34. The summed E-state index contributed by atoms with van der Waals surface area (Å²) in [5, 5.41) is 5.85. The lowest BCUT2D eigenvalue weighted by Gasteiger charge is -2.16. The fourth-order valence-corrected chi connectivity index (χ4v) is 3.98. The molecule has 0 fully saturated rings. The Morgan fingerprint density at radius 2 is 1.79 bits per heavy atom. The Balaban J connectivity index is 1.61. The van der Waals surface area contributed by atoms with Crippen LogP contribution < -0.4 is 0 Å². The number of nitrogens with zero attached hydrogens (tertiary/aromatic N) is 7. The van der Waals surface area contributed by atoms with Gasteiger partial charge in [0, 0.05) is 36.7 Å². The summed E-state index contributed by atoms with van der Waals surface area (Å²) in [6.45, 7) is 8.31. The van der Waals surface area contributed by atoms with Crippen molar-refractivity contribution in [1.82, 2.24) is 34.1 Å². The average molecular weight is 385 g/mol. The first-order chi connectivity index (χ1) is 14.0. The maximum Gasteiger partial charge on any atom is 0.177 e. The minimum Gasteiger partial charge on any atom is -0.331 e. The van der Waals surface area contributed by atoms with Crippen molar-refractivity contribution in [1.29, 1.82) is 0 Å². The fraction of sp³-hybridized carbons (Fsp3) is 0.318. The molecule has 4 heterocycles. The summed E-state index contributed by atoms with van der Waals surface area (Å²) in [6, 6.07) is 8.19. The summed E-state index contributed by atoms with van der Waals surface area (Å²) < 4.78 is 4.06. The average Bonchev–Trinajstić information content (AvgIpc) is 3.33. The van der Waals surface area contributed by atoms with Gasteiger partial charge in [-0.3, -0.25) is 9.97 Å². The topological polar surface area (TPSA) is 73.8 Å². The van der Waals surface area contributed by atoms with Crippen molar-refractivity contribution >= 4 is 27.6 Å². The fourth-order valence-electron chi connectivity index (χ4n) is 3.98. The van der Waals surface area contributed by atoms with Gasteiger partial charge in [-0.2, -0.15) is 5.10 Å². The molecule has 5 aromatic rings. The van der Waals surface area contributed by atoms with Crippen LogP contribution in [0.15, 0.2) is 36.7 Å². The quantitative estimate of drug-likeness (QED) is 0.468. The largest absolute Gasteiger partial charge is 0.331 e. The first-order valence-electron chi connectivity index (χ1n) is 9.84. The van der Waals surface area contributed by atoms with Crippen LogP contribution in [0.5, 0.6) is 0 Å². The van der Waals surface area contributed by atoms with Gasteiger partial charge in [-0.05, 0) is 38.1 Å². The summed E-state index contributed by atoms with van der Waals surface area (Å²) in [5.41, 5.74) is 5.75. The van der Waals surface area contributed by atoms with Crippen LogP contribution >= 0.6 is 0 Å². The van der Waals surface area contributed by atoms with Crippen LogP contribution in [0.25, 0.3) is 27.6 Å². The van der Waals surface area contributed by atoms with Crippen molar-refractivity contribution in [3.8, 4) is 0 Å². The van der Waals surface area contributed by atoms with Gasteiger partial charge in [0.25, 0.3) is 0 Å². The Bertz CT molecular complexity index is 1340. The van der Waals surface area contributed by atoms with E-state index < -0.39 is 0 Å². The molecular weight excluding hydrogens is 362 g/mol. The molecule has 0 aliphatic heterocycles. The first-order valence-corrected chi connectivity index (χ1v) is 9.84. The molecular formula is C22H23N7. The highest BCUT2D eigenvalue weighted by Gasteiger charge is 2.26. The second-order valence-corrected chi connectivity index (χ2v) is 7.80. The van der Waals surface area contributed by atoms with Crippen LogP contribution in [0.3, 0.4) is 0 Å². The van der Waals surface area contributed by atoms with E-state index in [1.807, 2.05) is 36.8 Å². The molecule has 0 aliphatic carbocycles. The molecule has 146 valence electrons. The molecule has 0 spiro atoms. The SMILES string of the molecule is Cc1ncc(C)n2nc([C@H](C)C(C)c3nc4c5cccnc5ccc4n3C)nc12. The van der Waals surface area contributed by atoms with Gasteiger partial charge in [-0.15, -0.1) is 0 Å². The van der Waals surface area contributed by atoms with Gasteiger partial charge in [0.1, 0.15) is 5.82 Å². The molecule has 0 bridgehead atoms. The van der Waals surface area contributed by atoms with E-state index in [4.69, 9.17) is 15.1 Å². The van der Waals surface area contributed by atoms with E-state index in [1.165, 1.54) is 0 Å². The van der Waals surface area contributed by atoms with E-state index >= 15 is 0 Å². The summed E-state index contributed by atoms with van der Waals surface area (Å²) in [7, 11) is 2.07. The molecule has 0 amide bonds. The first kappa shape index (κ1) is 17.7. The normalized spacial score (nSPS) is 14.1. The molecule has 7 heteroatoms. The maximum atomic E-state index is 5.02. The van der Waals surface area contributed by atoms with E-state index in [2.05, 4.69) is 53.6 Å². The highest BCUT2D eigenvalue weighted by molar-refractivity contribution is 6.02. The van der Waals surface area contributed by atoms with Crippen LogP contribution in [-0.2, 0) is 7.05 Å². The standard InChI is InChI=1S/C22H23N7/c1-12-11-24-15(4)22-26-20(27-29(12)22)13(2)14(3)21-25-19-16-7-6-10-23-17(16)8-9-18(19)28(21)5/h6-11,13-14H,1-5H3/t13-,14?/m1/s1. The summed E-state index contributed by atoms with van der Waals surface area (Å²) >= 11 is 0. The zero-order valence-electron chi connectivity index (χ0n) is 17.2. The van der Waals surface area contributed by atoms with Gasteiger partial charge in [0.05, 0.1) is 27.9 Å².